The molecule has 134 valence electrons. The fraction of sp³-hybridized carbons (Fsp3) is 0.176. The molecular formula is C17H16ClN5O2S. The normalized spacial score (nSPS) is 11.8. The number of pyridine rings is 1. The number of ether oxygens (including phenoxy) is 1. The number of carbonyl (C=O) groups excluding carboxylic acids is 1. The third-order valence-corrected chi connectivity index (χ3v) is 4.89. The Hall–Kier alpha value is -2.58. The molecule has 1 amide bonds. The molecule has 26 heavy (non-hydrogen) atoms. The van der Waals surface area contributed by atoms with E-state index in [9.17, 15) is 4.79 Å². The predicted molar refractivity (Wildman–Crippen MR) is 101 cm³/mol. The first-order chi connectivity index (χ1) is 12.6. The van der Waals surface area contributed by atoms with E-state index in [-0.39, 0.29) is 11.1 Å². The lowest BCUT2D eigenvalue weighted by Crippen LogP contribution is -2.23. The van der Waals surface area contributed by atoms with Gasteiger partial charge >= 0.3 is 0 Å². The summed E-state index contributed by atoms with van der Waals surface area (Å²) in [6.07, 6.45) is 3.15. The topological polar surface area (TPSA) is 81.9 Å². The van der Waals surface area contributed by atoms with Gasteiger partial charge in [0.25, 0.3) is 0 Å². The first-order valence-corrected chi connectivity index (χ1v) is 8.97. The van der Waals surface area contributed by atoms with Crippen LogP contribution in [0.25, 0.3) is 5.69 Å². The van der Waals surface area contributed by atoms with Crippen LogP contribution in [-0.4, -0.2) is 38.0 Å². The molecule has 2 aromatic heterocycles. The van der Waals surface area contributed by atoms with Gasteiger partial charge in [-0.1, -0.05) is 35.5 Å². The monoisotopic (exact) mass is 389 g/mol. The van der Waals surface area contributed by atoms with Gasteiger partial charge in [-0.15, -0.1) is 10.2 Å². The molecule has 0 saturated heterocycles. The van der Waals surface area contributed by atoms with Crippen LogP contribution in [0.5, 0.6) is 5.75 Å². The van der Waals surface area contributed by atoms with Gasteiger partial charge in [0, 0.05) is 6.20 Å². The molecule has 3 rings (SSSR count). The minimum atomic E-state index is -0.427. The highest BCUT2D eigenvalue weighted by Gasteiger charge is 2.20. The smallest absolute Gasteiger partial charge is 0.237 e. The molecule has 9 heteroatoms. The van der Waals surface area contributed by atoms with Gasteiger partial charge in [-0.25, -0.2) is 4.98 Å². The molecule has 2 heterocycles. The van der Waals surface area contributed by atoms with E-state index in [4.69, 9.17) is 16.3 Å². The van der Waals surface area contributed by atoms with Gasteiger partial charge in [-0.2, -0.15) is 0 Å². The summed E-state index contributed by atoms with van der Waals surface area (Å²) in [6.45, 7) is 1.78. The second kappa shape index (κ2) is 8.20. The lowest BCUT2D eigenvalue weighted by atomic mass is 10.3. The van der Waals surface area contributed by atoms with Crippen molar-refractivity contribution in [3.63, 3.8) is 0 Å². The maximum absolute atomic E-state index is 12.5. The van der Waals surface area contributed by atoms with E-state index in [2.05, 4.69) is 20.5 Å². The molecule has 3 aromatic rings. The van der Waals surface area contributed by atoms with E-state index in [1.807, 2.05) is 24.3 Å². The van der Waals surface area contributed by atoms with Gasteiger partial charge in [0.2, 0.25) is 5.91 Å². The summed E-state index contributed by atoms with van der Waals surface area (Å²) in [7, 11) is 1.60. The average Bonchev–Trinajstić information content (AvgIpc) is 3.11. The summed E-state index contributed by atoms with van der Waals surface area (Å²) in [6, 6.07) is 10.9. The number of thioether (sulfide) groups is 1. The number of nitrogens with one attached hydrogen (secondary N) is 1. The Labute approximate surface area is 159 Å². The first-order valence-electron chi connectivity index (χ1n) is 7.71. The Morgan fingerprint density at radius 1 is 1.31 bits per heavy atom. The molecular weight excluding hydrogens is 374 g/mol. The zero-order chi connectivity index (χ0) is 18.5. The Bertz CT molecular complexity index is 917. The Morgan fingerprint density at radius 2 is 2.12 bits per heavy atom. The van der Waals surface area contributed by atoms with Gasteiger partial charge in [0.15, 0.2) is 10.3 Å². The number of aromatic nitrogens is 4. The molecule has 0 aliphatic rings. The van der Waals surface area contributed by atoms with Crippen LogP contribution in [0.2, 0.25) is 5.15 Å². The number of amides is 1. The number of halogens is 1. The van der Waals surface area contributed by atoms with Crippen LogP contribution in [-0.2, 0) is 4.79 Å². The Morgan fingerprint density at radius 3 is 2.88 bits per heavy atom. The van der Waals surface area contributed by atoms with E-state index in [0.717, 1.165) is 5.69 Å². The second-order valence-corrected chi connectivity index (χ2v) is 6.91. The van der Waals surface area contributed by atoms with Crippen LogP contribution in [0.4, 0.5) is 5.69 Å². The van der Waals surface area contributed by atoms with Gasteiger partial charge in [0.1, 0.15) is 12.1 Å². The van der Waals surface area contributed by atoms with Crippen LogP contribution in [0.15, 0.2) is 54.1 Å². The molecule has 1 N–H and O–H groups in total. The zero-order valence-corrected chi connectivity index (χ0v) is 15.7. The van der Waals surface area contributed by atoms with Gasteiger partial charge < -0.3 is 10.1 Å². The third-order valence-electron chi connectivity index (χ3n) is 3.53. The first kappa shape index (κ1) is 18.2. The van der Waals surface area contributed by atoms with E-state index >= 15 is 0 Å². The fourth-order valence-corrected chi connectivity index (χ4v) is 3.23. The van der Waals surface area contributed by atoms with Crippen molar-refractivity contribution in [1.82, 2.24) is 19.7 Å². The third kappa shape index (κ3) is 3.97. The minimum Gasteiger partial charge on any atom is -0.495 e. The molecule has 7 nitrogen and oxygen atoms in total. The number of rotatable bonds is 6. The quantitative estimate of drug-likeness (QED) is 0.513. The summed E-state index contributed by atoms with van der Waals surface area (Å²) in [5.41, 5.74) is 1.27. The molecule has 0 fully saturated rings. The summed E-state index contributed by atoms with van der Waals surface area (Å²) >= 11 is 7.26. The van der Waals surface area contributed by atoms with Crippen molar-refractivity contribution < 1.29 is 9.53 Å². The molecule has 0 radical (unpaired) electrons. The van der Waals surface area contributed by atoms with Gasteiger partial charge in [-0.3, -0.25) is 9.36 Å². The molecule has 1 aromatic carbocycles. The van der Waals surface area contributed by atoms with E-state index in [1.165, 1.54) is 11.8 Å². The Kier molecular flexibility index (Phi) is 5.75. The van der Waals surface area contributed by atoms with E-state index in [1.54, 1.807) is 43.3 Å². The number of hydrogen-bond acceptors (Lipinski definition) is 6. The average molecular weight is 390 g/mol. The lowest BCUT2D eigenvalue weighted by Gasteiger charge is -2.14. The van der Waals surface area contributed by atoms with Crippen molar-refractivity contribution in [3.05, 3.63) is 54.1 Å². The molecule has 1 unspecified atom stereocenters. The number of carbonyl (C=O) groups is 1. The molecule has 0 spiro atoms. The molecule has 0 saturated carbocycles. The van der Waals surface area contributed by atoms with Crippen molar-refractivity contribution in [2.75, 3.05) is 12.4 Å². The van der Waals surface area contributed by atoms with E-state index < -0.39 is 5.25 Å². The molecule has 0 bridgehead atoms. The molecule has 0 aliphatic carbocycles. The number of para-hydroxylation sites is 2. The van der Waals surface area contributed by atoms with Crippen molar-refractivity contribution in [2.24, 2.45) is 0 Å². The number of benzene rings is 1. The highest BCUT2D eigenvalue weighted by molar-refractivity contribution is 8.00. The summed E-state index contributed by atoms with van der Waals surface area (Å²) in [4.78, 5) is 16.4. The number of methoxy groups -OCH3 is 1. The standard InChI is InChI=1S/C17H16ClN5O2S/c1-11(16(24)21-12-6-5-9-19-15(12)18)26-17-22-20-10-23(17)13-7-3-4-8-14(13)25-2/h3-11H,1-2H3,(H,21,24). The van der Waals surface area contributed by atoms with Gasteiger partial charge in [0.05, 0.1) is 23.7 Å². The number of nitrogens with zero attached hydrogens (tertiary/aromatic N) is 4. The summed E-state index contributed by atoms with van der Waals surface area (Å²) < 4.78 is 7.16. The zero-order valence-electron chi connectivity index (χ0n) is 14.1. The van der Waals surface area contributed by atoms with Gasteiger partial charge in [-0.05, 0) is 31.2 Å². The molecule has 0 aliphatic heterocycles. The van der Waals surface area contributed by atoms with Crippen molar-refractivity contribution >= 4 is 35.0 Å². The highest BCUT2D eigenvalue weighted by Crippen LogP contribution is 2.29. The van der Waals surface area contributed by atoms with Crippen LogP contribution in [0, 0.1) is 0 Å². The summed E-state index contributed by atoms with van der Waals surface area (Å²) in [5.74, 6) is 0.480. The van der Waals surface area contributed by atoms with Crippen LogP contribution < -0.4 is 10.1 Å². The van der Waals surface area contributed by atoms with Crippen molar-refractivity contribution in [1.29, 1.82) is 0 Å². The second-order valence-electron chi connectivity index (χ2n) is 5.25. The van der Waals surface area contributed by atoms with Crippen LogP contribution >= 0.6 is 23.4 Å². The maximum atomic E-state index is 12.5. The van der Waals surface area contributed by atoms with Crippen molar-refractivity contribution in [3.8, 4) is 11.4 Å². The highest BCUT2D eigenvalue weighted by atomic mass is 35.5. The maximum Gasteiger partial charge on any atom is 0.237 e. The minimum absolute atomic E-state index is 0.209. The Balaban J connectivity index is 1.76. The van der Waals surface area contributed by atoms with Crippen molar-refractivity contribution in [2.45, 2.75) is 17.3 Å². The van der Waals surface area contributed by atoms with E-state index in [0.29, 0.717) is 16.6 Å². The lowest BCUT2D eigenvalue weighted by molar-refractivity contribution is -0.115. The fourth-order valence-electron chi connectivity index (χ4n) is 2.22. The SMILES string of the molecule is COc1ccccc1-n1cnnc1SC(C)C(=O)Nc1cccnc1Cl. The van der Waals surface area contributed by atoms with Crippen LogP contribution in [0.3, 0.4) is 0 Å². The predicted octanol–water partition coefficient (Wildman–Crippen LogP) is 3.44. The van der Waals surface area contributed by atoms with Crippen LogP contribution in [0.1, 0.15) is 6.92 Å². The largest absolute Gasteiger partial charge is 0.495 e. The summed E-state index contributed by atoms with van der Waals surface area (Å²) in [5, 5.41) is 11.2. The number of hydrogen-bond donors (Lipinski definition) is 1. The molecule has 1 atom stereocenters. The number of anilines is 1.